The Balaban J connectivity index is 3.06. The summed E-state index contributed by atoms with van der Waals surface area (Å²) < 4.78 is 48.9. The van der Waals surface area contributed by atoms with Crippen LogP contribution in [0.3, 0.4) is 0 Å². The highest BCUT2D eigenvalue weighted by Gasteiger charge is 2.42. The van der Waals surface area contributed by atoms with Crippen LogP contribution in [0, 0.1) is 0 Å². The van der Waals surface area contributed by atoms with E-state index in [0.29, 0.717) is 0 Å². The standard InChI is InChI=1S/C17H29N5O9S/c1-16(2,3)30-14(24)18-8-11-9-21(20-19-11)10-12(13(23)29-7)22(32(26,27)28)15(25)31-17(4,5)6/h9,12H,8,10H2,1-7H3,(H,18,24)(H,26,27,28)/t12-/m0/s1. The van der Waals surface area contributed by atoms with E-state index in [4.69, 9.17) is 9.47 Å². The lowest BCUT2D eigenvalue weighted by Gasteiger charge is -2.29. The third-order valence-corrected chi connectivity index (χ3v) is 4.24. The molecule has 0 bridgehead atoms. The zero-order chi connectivity index (χ0) is 24.9. The second-order valence-corrected chi connectivity index (χ2v) is 9.87. The highest BCUT2D eigenvalue weighted by atomic mass is 32.2. The van der Waals surface area contributed by atoms with Crippen molar-refractivity contribution in [3.8, 4) is 0 Å². The van der Waals surface area contributed by atoms with Crippen molar-refractivity contribution >= 4 is 28.5 Å². The number of hydrogen-bond acceptors (Lipinski definition) is 10. The Morgan fingerprint density at radius 2 is 1.72 bits per heavy atom. The number of hydrogen-bond donors (Lipinski definition) is 2. The number of alkyl carbamates (subject to hydrolysis) is 1. The molecular weight excluding hydrogens is 450 g/mol. The molecule has 1 rings (SSSR count). The predicted octanol–water partition coefficient (Wildman–Crippen LogP) is 0.884. The minimum Gasteiger partial charge on any atom is -0.467 e. The van der Waals surface area contributed by atoms with E-state index in [0.717, 1.165) is 11.8 Å². The molecule has 1 aromatic heterocycles. The van der Waals surface area contributed by atoms with Crippen LogP contribution in [0.15, 0.2) is 6.20 Å². The molecule has 0 aromatic carbocycles. The number of esters is 1. The van der Waals surface area contributed by atoms with Crippen LogP contribution in [0.1, 0.15) is 47.2 Å². The van der Waals surface area contributed by atoms with E-state index in [2.05, 4.69) is 20.4 Å². The maximum atomic E-state index is 12.4. The Morgan fingerprint density at radius 3 is 2.19 bits per heavy atom. The summed E-state index contributed by atoms with van der Waals surface area (Å²) in [6, 6.07) is -1.85. The van der Waals surface area contributed by atoms with E-state index in [1.165, 1.54) is 27.0 Å². The van der Waals surface area contributed by atoms with Gasteiger partial charge < -0.3 is 19.5 Å². The SMILES string of the molecule is COC(=O)[C@H](Cn1cc(CNC(=O)OC(C)(C)C)nn1)N(C(=O)OC(C)(C)C)S(=O)(=O)O. The lowest BCUT2D eigenvalue weighted by Crippen LogP contribution is -2.52. The third kappa shape index (κ3) is 9.05. The van der Waals surface area contributed by atoms with Gasteiger partial charge in [0, 0.05) is 0 Å². The monoisotopic (exact) mass is 479 g/mol. The molecule has 0 fully saturated rings. The number of amides is 2. The van der Waals surface area contributed by atoms with Gasteiger partial charge >= 0.3 is 28.5 Å². The number of methoxy groups -OCH3 is 1. The molecule has 2 N–H and O–H groups in total. The van der Waals surface area contributed by atoms with Crippen LogP contribution in [0.25, 0.3) is 0 Å². The zero-order valence-corrected chi connectivity index (χ0v) is 19.8. The van der Waals surface area contributed by atoms with Gasteiger partial charge in [0.15, 0.2) is 6.04 Å². The van der Waals surface area contributed by atoms with Gasteiger partial charge in [0.05, 0.1) is 26.4 Å². The lowest BCUT2D eigenvalue weighted by atomic mass is 10.2. The van der Waals surface area contributed by atoms with Crippen LogP contribution in [0.4, 0.5) is 9.59 Å². The Labute approximate surface area is 186 Å². The zero-order valence-electron chi connectivity index (χ0n) is 19.0. The summed E-state index contributed by atoms with van der Waals surface area (Å²) in [6.45, 7) is 8.88. The Hall–Kier alpha value is -2.94. The van der Waals surface area contributed by atoms with Gasteiger partial charge in [-0.3, -0.25) is 4.55 Å². The minimum atomic E-state index is -5.22. The van der Waals surface area contributed by atoms with E-state index in [1.807, 2.05) is 0 Å². The van der Waals surface area contributed by atoms with Crippen molar-refractivity contribution in [2.45, 2.75) is 71.9 Å². The van der Waals surface area contributed by atoms with Gasteiger partial charge in [-0.1, -0.05) is 5.21 Å². The molecule has 1 aromatic rings. The van der Waals surface area contributed by atoms with Crippen molar-refractivity contribution in [3.05, 3.63) is 11.9 Å². The molecule has 0 aliphatic heterocycles. The highest BCUT2D eigenvalue weighted by Crippen LogP contribution is 2.17. The van der Waals surface area contributed by atoms with Crippen LogP contribution in [0.5, 0.6) is 0 Å². The first-order valence-electron chi connectivity index (χ1n) is 9.36. The van der Waals surface area contributed by atoms with Gasteiger partial charge in [0.25, 0.3) is 0 Å². The summed E-state index contributed by atoms with van der Waals surface area (Å²) in [5, 5.41) is 9.99. The number of nitrogens with one attached hydrogen (secondary N) is 1. The second-order valence-electron chi connectivity index (χ2n) is 8.58. The molecule has 1 heterocycles. The Bertz CT molecular complexity index is 931. The first-order chi connectivity index (χ1) is 14.4. The van der Waals surface area contributed by atoms with Crippen LogP contribution in [0.2, 0.25) is 0 Å². The Morgan fingerprint density at radius 1 is 1.16 bits per heavy atom. The fourth-order valence-electron chi connectivity index (χ4n) is 2.23. The molecule has 0 radical (unpaired) electrons. The largest absolute Gasteiger partial charge is 0.467 e. The fraction of sp³-hybridized carbons (Fsp3) is 0.706. The number of nitrogens with zero attached hydrogens (tertiary/aromatic N) is 4. The molecule has 14 nitrogen and oxygen atoms in total. The van der Waals surface area contributed by atoms with Gasteiger partial charge in [0.2, 0.25) is 0 Å². The number of rotatable bonds is 7. The quantitative estimate of drug-likeness (QED) is 0.322. The van der Waals surface area contributed by atoms with Crippen molar-refractivity contribution in [2.24, 2.45) is 0 Å². The van der Waals surface area contributed by atoms with Gasteiger partial charge in [-0.2, -0.15) is 12.7 Å². The molecule has 0 unspecified atom stereocenters. The highest BCUT2D eigenvalue weighted by molar-refractivity contribution is 7.84. The minimum absolute atomic E-state index is 0.0775. The Kier molecular flexibility index (Phi) is 8.57. The predicted molar refractivity (Wildman–Crippen MR) is 109 cm³/mol. The average molecular weight is 480 g/mol. The molecule has 0 saturated heterocycles. The second kappa shape index (κ2) is 10.1. The van der Waals surface area contributed by atoms with Crippen LogP contribution in [-0.2, 0) is 42.4 Å². The molecule has 182 valence electrons. The number of carbonyl (C=O) groups excluding carboxylic acids is 3. The van der Waals surface area contributed by atoms with E-state index in [1.54, 1.807) is 20.8 Å². The van der Waals surface area contributed by atoms with Gasteiger partial charge in [-0.05, 0) is 41.5 Å². The summed E-state index contributed by atoms with van der Waals surface area (Å²) in [6.07, 6.45) is -0.880. The molecule has 32 heavy (non-hydrogen) atoms. The van der Waals surface area contributed by atoms with Crippen molar-refractivity contribution < 1.29 is 41.6 Å². The summed E-state index contributed by atoms with van der Waals surface area (Å²) in [5.41, 5.74) is -1.57. The van der Waals surface area contributed by atoms with Crippen LogP contribution in [-0.4, -0.2) is 74.8 Å². The molecule has 15 heteroatoms. The summed E-state index contributed by atoms with van der Waals surface area (Å²) in [4.78, 5) is 36.4. The third-order valence-electron chi connectivity index (χ3n) is 3.34. The topological polar surface area (TPSA) is 179 Å². The summed E-state index contributed by atoms with van der Waals surface area (Å²) >= 11 is 0. The molecule has 0 aliphatic rings. The first-order valence-corrected chi connectivity index (χ1v) is 10.8. The molecule has 2 amide bonds. The molecule has 0 aliphatic carbocycles. The smallest absolute Gasteiger partial charge is 0.426 e. The lowest BCUT2D eigenvalue weighted by molar-refractivity contribution is -0.145. The van der Waals surface area contributed by atoms with E-state index in [-0.39, 0.29) is 16.5 Å². The number of aromatic nitrogens is 3. The van der Waals surface area contributed by atoms with Gasteiger partial charge in [-0.25, -0.2) is 19.1 Å². The summed E-state index contributed by atoms with van der Waals surface area (Å²) in [5.74, 6) is -1.16. The molecule has 0 spiro atoms. The maximum absolute atomic E-state index is 12.4. The fourth-order valence-corrected chi connectivity index (χ4v) is 2.93. The normalized spacial score (nSPS) is 13.1. The van der Waals surface area contributed by atoms with Gasteiger partial charge in [-0.15, -0.1) is 5.10 Å². The summed E-state index contributed by atoms with van der Waals surface area (Å²) in [7, 11) is -4.24. The maximum Gasteiger partial charge on any atom is 0.426 e. The van der Waals surface area contributed by atoms with E-state index >= 15 is 0 Å². The molecule has 1 atom stereocenters. The van der Waals surface area contributed by atoms with Crippen molar-refractivity contribution in [1.29, 1.82) is 0 Å². The van der Waals surface area contributed by atoms with Gasteiger partial charge in [0.1, 0.15) is 16.9 Å². The molecule has 0 saturated carbocycles. The van der Waals surface area contributed by atoms with Crippen molar-refractivity contribution in [3.63, 3.8) is 0 Å². The van der Waals surface area contributed by atoms with Crippen LogP contribution >= 0.6 is 0 Å². The van der Waals surface area contributed by atoms with Crippen molar-refractivity contribution in [2.75, 3.05) is 7.11 Å². The number of ether oxygens (including phenoxy) is 3. The average Bonchev–Trinajstić information content (AvgIpc) is 3.02. The van der Waals surface area contributed by atoms with E-state index in [9.17, 15) is 27.4 Å². The van der Waals surface area contributed by atoms with E-state index < -0.39 is 52.2 Å². The molecular formula is C17H29N5O9S. The van der Waals surface area contributed by atoms with Crippen molar-refractivity contribution in [1.82, 2.24) is 24.6 Å². The first kappa shape index (κ1) is 27.1. The van der Waals surface area contributed by atoms with Crippen LogP contribution < -0.4 is 5.32 Å². The number of carbonyl (C=O) groups is 3.